The number of aliphatic hydroxyl groups excluding tert-OH is 2. The molecule has 6 nitrogen and oxygen atoms in total. The van der Waals surface area contributed by atoms with E-state index in [0.717, 1.165) is 24.3 Å². The van der Waals surface area contributed by atoms with E-state index < -0.39 is 11.6 Å². The lowest BCUT2D eigenvalue weighted by molar-refractivity contribution is 0.101. The van der Waals surface area contributed by atoms with Gasteiger partial charge in [0.2, 0.25) is 0 Å². The quantitative estimate of drug-likeness (QED) is 0.430. The van der Waals surface area contributed by atoms with Crippen molar-refractivity contribution in [1.82, 2.24) is 5.32 Å². The maximum Gasteiger partial charge on any atom is 0.407 e. The number of nitrogens with one attached hydrogen (secondary N) is 1. The van der Waals surface area contributed by atoms with E-state index in [2.05, 4.69) is 17.0 Å². The van der Waals surface area contributed by atoms with Crippen LogP contribution >= 0.6 is 0 Å². The topological polar surface area (TPSA) is 88.0 Å². The fraction of sp³-hybridized carbons (Fsp3) is 0.667. The van der Waals surface area contributed by atoms with E-state index in [1.54, 1.807) is 0 Å². The van der Waals surface area contributed by atoms with Crippen molar-refractivity contribution in [1.29, 1.82) is 0 Å². The van der Waals surface area contributed by atoms with Crippen molar-refractivity contribution >= 4 is 6.09 Å². The second-order valence-corrected chi connectivity index (χ2v) is 6.94. The predicted octanol–water partition coefficient (Wildman–Crippen LogP) is 3.44. The molecule has 1 amide bonds. The number of alkyl carbamates (subject to hydrolysis) is 1. The van der Waals surface area contributed by atoms with Crippen molar-refractivity contribution in [3.63, 3.8) is 0 Å². The molecule has 0 saturated carbocycles. The van der Waals surface area contributed by atoms with Crippen LogP contribution in [-0.2, 0) is 11.2 Å². The lowest BCUT2D eigenvalue weighted by atomic mass is 9.89. The van der Waals surface area contributed by atoms with Crippen molar-refractivity contribution in [2.24, 2.45) is 0 Å². The minimum Gasteiger partial charge on any atom is -0.494 e. The normalized spacial score (nSPS) is 13.0. The van der Waals surface area contributed by atoms with Crippen molar-refractivity contribution in [2.45, 2.75) is 63.8 Å². The number of carbonyl (C=O) groups is 1. The molecule has 3 N–H and O–H groups in total. The van der Waals surface area contributed by atoms with Crippen LogP contribution in [0, 0.1) is 0 Å². The zero-order valence-electron chi connectivity index (χ0n) is 16.7. The Hall–Kier alpha value is -1.79. The summed E-state index contributed by atoms with van der Waals surface area (Å²) >= 11 is 0. The van der Waals surface area contributed by atoms with Crippen LogP contribution < -0.4 is 10.1 Å². The lowest BCUT2D eigenvalue weighted by Gasteiger charge is -2.32. The Morgan fingerprint density at radius 2 is 1.78 bits per heavy atom. The van der Waals surface area contributed by atoms with Crippen LogP contribution in [0.2, 0.25) is 0 Å². The zero-order chi connectivity index (χ0) is 20.0. The number of carbonyl (C=O) groups excluding carboxylic acids is 1. The number of amides is 1. The van der Waals surface area contributed by atoms with Gasteiger partial charge in [0.1, 0.15) is 5.75 Å². The van der Waals surface area contributed by atoms with Gasteiger partial charge >= 0.3 is 6.09 Å². The van der Waals surface area contributed by atoms with Crippen molar-refractivity contribution in [3.8, 4) is 5.75 Å². The molecule has 154 valence electrons. The average Bonchev–Trinajstić information content (AvgIpc) is 2.69. The second-order valence-electron chi connectivity index (χ2n) is 6.94. The second kappa shape index (κ2) is 13.4. The summed E-state index contributed by atoms with van der Waals surface area (Å²) in [6.07, 6.45) is 6.86. The number of methoxy groups -OCH3 is 1. The largest absolute Gasteiger partial charge is 0.494 e. The van der Waals surface area contributed by atoms with Crippen LogP contribution in [0.25, 0.3) is 0 Å². The number of aliphatic hydroxyl groups is 2. The van der Waals surface area contributed by atoms with Gasteiger partial charge in [-0.25, -0.2) is 4.79 Å². The van der Waals surface area contributed by atoms with Gasteiger partial charge in [0.15, 0.2) is 0 Å². The highest BCUT2D eigenvalue weighted by Crippen LogP contribution is 2.20. The van der Waals surface area contributed by atoms with E-state index in [1.165, 1.54) is 32.8 Å². The third-order valence-corrected chi connectivity index (χ3v) is 4.78. The van der Waals surface area contributed by atoms with Crippen molar-refractivity contribution in [3.05, 3.63) is 29.8 Å². The van der Waals surface area contributed by atoms with Gasteiger partial charge in [-0.1, -0.05) is 44.7 Å². The number of unbranched alkanes of at least 4 members (excludes halogenated alkanes) is 4. The fourth-order valence-electron chi connectivity index (χ4n) is 2.96. The van der Waals surface area contributed by atoms with Gasteiger partial charge in [-0.05, 0) is 43.4 Å². The summed E-state index contributed by atoms with van der Waals surface area (Å²) in [5.41, 5.74) is 0.183. The molecule has 1 aromatic carbocycles. The number of benzene rings is 1. The molecule has 0 bridgehead atoms. The third kappa shape index (κ3) is 9.11. The molecule has 0 aliphatic heterocycles. The van der Waals surface area contributed by atoms with Crippen LogP contribution in [-0.4, -0.2) is 48.8 Å². The van der Waals surface area contributed by atoms with Crippen LogP contribution in [0.3, 0.4) is 0 Å². The molecule has 6 heteroatoms. The number of ether oxygens (including phenoxy) is 2. The molecule has 0 heterocycles. The Labute approximate surface area is 162 Å². The van der Waals surface area contributed by atoms with Gasteiger partial charge in [0.25, 0.3) is 0 Å². The molecule has 1 rings (SSSR count). The van der Waals surface area contributed by atoms with Crippen LogP contribution in [0.15, 0.2) is 24.3 Å². The summed E-state index contributed by atoms with van der Waals surface area (Å²) in [4.78, 5) is 11.6. The molecule has 1 aromatic rings. The third-order valence-electron chi connectivity index (χ3n) is 4.78. The van der Waals surface area contributed by atoms with Gasteiger partial charge in [-0.2, -0.15) is 0 Å². The first-order valence-corrected chi connectivity index (χ1v) is 9.88. The summed E-state index contributed by atoms with van der Waals surface area (Å²) in [5.74, 6) is 0.853. The molecule has 0 fully saturated rings. The smallest absolute Gasteiger partial charge is 0.407 e. The molecule has 0 saturated heterocycles. The van der Waals surface area contributed by atoms with E-state index in [1.807, 2.05) is 24.3 Å². The standard InChI is InChI=1S/C21H35NO5/c1-3-4-5-6-7-16-27-19-10-8-18(9-11-19)12-13-21(17-24,14-15-23)22-20(25)26-2/h8-11,23-24H,3-7,12-17H2,1-2H3,(H,22,25). The molecule has 0 aromatic heterocycles. The number of rotatable bonds is 14. The summed E-state index contributed by atoms with van der Waals surface area (Å²) in [6, 6.07) is 7.88. The molecule has 1 atom stereocenters. The van der Waals surface area contributed by atoms with Crippen LogP contribution in [0.5, 0.6) is 5.75 Å². The summed E-state index contributed by atoms with van der Waals surface area (Å²) in [7, 11) is 1.28. The Balaban J connectivity index is 2.49. The molecule has 0 spiro atoms. The van der Waals surface area contributed by atoms with Gasteiger partial charge in [-0.15, -0.1) is 0 Å². The SMILES string of the molecule is CCCCCCCOc1ccc(CCC(CO)(CCO)NC(=O)OC)cc1. The molecule has 0 aliphatic carbocycles. The minimum absolute atomic E-state index is 0.129. The highest BCUT2D eigenvalue weighted by molar-refractivity contribution is 5.68. The van der Waals surface area contributed by atoms with Gasteiger partial charge in [0.05, 0.1) is 25.9 Å². The summed E-state index contributed by atoms with van der Waals surface area (Å²) in [5, 5.41) is 21.7. The highest BCUT2D eigenvalue weighted by Gasteiger charge is 2.31. The van der Waals surface area contributed by atoms with Crippen molar-refractivity contribution in [2.75, 3.05) is 26.9 Å². The first-order valence-electron chi connectivity index (χ1n) is 9.88. The minimum atomic E-state index is -0.893. The number of hydrogen-bond acceptors (Lipinski definition) is 5. The number of hydrogen-bond donors (Lipinski definition) is 3. The Kier molecular flexibility index (Phi) is 11.5. The Morgan fingerprint density at radius 1 is 1.07 bits per heavy atom. The maximum atomic E-state index is 11.6. The zero-order valence-corrected chi connectivity index (χ0v) is 16.7. The van der Waals surface area contributed by atoms with Crippen LogP contribution in [0.4, 0.5) is 4.79 Å². The first-order chi connectivity index (χ1) is 13.1. The molecule has 27 heavy (non-hydrogen) atoms. The molecule has 0 radical (unpaired) electrons. The molecule has 1 unspecified atom stereocenters. The van der Waals surface area contributed by atoms with E-state index in [-0.39, 0.29) is 19.6 Å². The first kappa shape index (κ1) is 23.2. The van der Waals surface area contributed by atoms with E-state index in [0.29, 0.717) is 12.8 Å². The summed E-state index contributed by atoms with van der Waals surface area (Å²) < 4.78 is 10.4. The maximum absolute atomic E-state index is 11.6. The van der Waals surface area contributed by atoms with Crippen LogP contribution in [0.1, 0.15) is 57.4 Å². The number of aryl methyl sites for hydroxylation is 1. The molecular formula is C21H35NO5. The van der Waals surface area contributed by atoms with E-state index >= 15 is 0 Å². The van der Waals surface area contributed by atoms with Gasteiger partial charge < -0.3 is 25.0 Å². The molecular weight excluding hydrogens is 346 g/mol. The van der Waals surface area contributed by atoms with E-state index in [9.17, 15) is 15.0 Å². The average molecular weight is 382 g/mol. The Morgan fingerprint density at radius 3 is 2.37 bits per heavy atom. The highest BCUT2D eigenvalue weighted by atomic mass is 16.5. The predicted molar refractivity (Wildman–Crippen MR) is 106 cm³/mol. The fourth-order valence-corrected chi connectivity index (χ4v) is 2.96. The van der Waals surface area contributed by atoms with Gasteiger partial charge in [-0.3, -0.25) is 0 Å². The van der Waals surface area contributed by atoms with Crippen molar-refractivity contribution < 1.29 is 24.5 Å². The Bertz CT molecular complexity index is 520. The van der Waals surface area contributed by atoms with E-state index in [4.69, 9.17) is 4.74 Å². The monoisotopic (exact) mass is 381 g/mol. The molecule has 0 aliphatic rings. The summed E-state index contributed by atoms with van der Waals surface area (Å²) in [6.45, 7) is 2.55. The lowest BCUT2D eigenvalue weighted by Crippen LogP contribution is -2.52. The van der Waals surface area contributed by atoms with Gasteiger partial charge in [0, 0.05) is 6.61 Å².